The second-order valence-electron chi connectivity index (χ2n) is 4.51. The van der Waals surface area contributed by atoms with E-state index < -0.39 is 34.9 Å². The molecule has 1 aromatic carbocycles. The lowest BCUT2D eigenvalue weighted by Crippen LogP contribution is -2.31. The molecule has 8 nitrogen and oxygen atoms in total. The van der Waals surface area contributed by atoms with Crippen LogP contribution >= 0.6 is 0 Å². The number of nitrogens with zero attached hydrogens (tertiary/aromatic N) is 2. The molecular formula is C12H11F2N3O5. The molecule has 1 unspecified atom stereocenters. The number of likely N-dealkylation sites (tertiary alicyclic amines) is 1. The molecular weight excluding hydrogens is 304 g/mol. The number of rotatable bonds is 5. The zero-order valence-electron chi connectivity index (χ0n) is 11.3. The number of carbonyl (C=O) groups is 2. The molecule has 1 aliphatic heterocycles. The van der Waals surface area contributed by atoms with Crippen molar-refractivity contribution in [1.29, 1.82) is 0 Å². The highest BCUT2D eigenvalue weighted by Crippen LogP contribution is 2.32. The lowest BCUT2D eigenvalue weighted by atomic mass is 10.2. The fourth-order valence-corrected chi connectivity index (χ4v) is 2.01. The Balaban J connectivity index is 2.24. The first-order valence-electron chi connectivity index (χ1n) is 6.09. The van der Waals surface area contributed by atoms with Gasteiger partial charge >= 0.3 is 12.3 Å². The number of carbonyl (C=O) groups excluding carboxylic acids is 2. The Morgan fingerprint density at radius 1 is 1.45 bits per heavy atom. The van der Waals surface area contributed by atoms with Crippen molar-refractivity contribution in [3.05, 3.63) is 28.3 Å². The van der Waals surface area contributed by atoms with Gasteiger partial charge in [0.2, 0.25) is 11.7 Å². The van der Waals surface area contributed by atoms with Crippen molar-refractivity contribution < 1.29 is 28.0 Å². The van der Waals surface area contributed by atoms with Gasteiger partial charge in [-0.3, -0.25) is 24.6 Å². The third kappa shape index (κ3) is 3.10. The Labute approximate surface area is 122 Å². The highest BCUT2D eigenvalue weighted by Gasteiger charge is 2.36. The van der Waals surface area contributed by atoms with Crippen molar-refractivity contribution in [2.75, 3.05) is 12.4 Å². The van der Waals surface area contributed by atoms with Crippen LogP contribution < -0.4 is 10.1 Å². The summed E-state index contributed by atoms with van der Waals surface area (Å²) in [6, 6.07) is 2.36. The Morgan fingerprint density at radius 2 is 2.14 bits per heavy atom. The third-order valence-corrected chi connectivity index (χ3v) is 3.09. The van der Waals surface area contributed by atoms with Gasteiger partial charge < -0.3 is 10.1 Å². The number of ether oxygens (including phenoxy) is 1. The molecule has 1 N–H and O–H groups in total. The summed E-state index contributed by atoms with van der Waals surface area (Å²) in [6.07, 6.45) is -0.0860. The van der Waals surface area contributed by atoms with E-state index in [-0.39, 0.29) is 18.0 Å². The lowest BCUT2D eigenvalue weighted by Gasteiger charge is -2.13. The molecule has 1 heterocycles. The molecule has 1 atom stereocenters. The number of amides is 2. The first kappa shape index (κ1) is 15.6. The average Bonchev–Trinajstić information content (AvgIpc) is 2.65. The van der Waals surface area contributed by atoms with E-state index in [0.29, 0.717) is 0 Å². The van der Waals surface area contributed by atoms with Crippen molar-refractivity contribution in [2.45, 2.75) is 19.1 Å². The lowest BCUT2D eigenvalue weighted by molar-refractivity contribution is -0.386. The number of imide groups is 1. The summed E-state index contributed by atoms with van der Waals surface area (Å²) >= 11 is 0. The second-order valence-corrected chi connectivity index (χ2v) is 4.51. The number of nitro benzene ring substituents is 1. The van der Waals surface area contributed by atoms with Crippen molar-refractivity contribution in [3.63, 3.8) is 0 Å². The number of anilines is 1. The molecule has 0 bridgehead atoms. The van der Waals surface area contributed by atoms with Gasteiger partial charge in [0.25, 0.3) is 5.91 Å². The topological polar surface area (TPSA) is 102 Å². The minimum Gasteiger partial charge on any atom is -0.427 e. The summed E-state index contributed by atoms with van der Waals surface area (Å²) in [5.74, 6) is -1.48. The van der Waals surface area contributed by atoms with Gasteiger partial charge in [0.05, 0.1) is 11.3 Å². The standard InChI is InChI=1S/C12H11F2N3O5/c1-16-10(18)5-7(11(16)19)15-6-2-3-8(17(20)21)9(4-6)22-12(13)14/h2-4,7,12,15H,5H2,1H3. The van der Waals surface area contributed by atoms with Crippen molar-refractivity contribution in [3.8, 4) is 5.75 Å². The Kier molecular flexibility index (Phi) is 4.20. The summed E-state index contributed by atoms with van der Waals surface area (Å²) in [7, 11) is 1.33. The summed E-state index contributed by atoms with van der Waals surface area (Å²) in [5, 5.41) is 13.4. The molecule has 1 aromatic rings. The van der Waals surface area contributed by atoms with Crippen LogP contribution in [0.3, 0.4) is 0 Å². The number of nitrogens with one attached hydrogen (secondary N) is 1. The van der Waals surface area contributed by atoms with E-state index in [9.17, 15) is 28.5 Å². The van der Waals surface area contributed by atoms with Crippen LogP contribution in [0.5, 0.6) is 5.75 Å². The smallest absolute Gasteiger partial charge is 0.387 e. The highest BCUT2D eigenvalue weighted by molar-refractivity contribution is 6.06. The van der Waals surface area contributed by atoms with Crippen LogP contribution in [0.4, 0.5) is 20.2 Å². The van der Waals surface area contributed by atoms with Crippen LogP contribution in [0.25, 0.3) is 0 Å². The fraction of sp³-hybridized carbons (Fsp3) is 0.333. The molecule has 1 aliphatic rings. The maximum Gasteiger partial charge on any atom is 0.387 e. The van der Waals surface area contributed by atoms with E-state index in [2.05, 4.69) is 10.1 Å². The maximum atomic E-state index is 12.3. The summed E-state index contributed by atoms with van der Waals surface area (Å²) < 4.78 is 28.7. The molecule has 0 spiro atoms. The molecule has 0 saturated carbocycles. The first-order valence-corrected chi connectivity index (χ1v) is 6.09. The summed E-state index contributed by atoms with van der Waals surface area (Å²) in [5.41, 5.74) is -0.473. The quantitative estimate of drug-likeness (QED) is 0.500. The number of hydrogen-bond acceptors (Lipinski definition) is 6. The number of alkyl halides is 2. The van der Waals surface area contributed by atoms with Gasteiger partial charge in [-0.2, -0.15) is 8.78 Å². The Bertz CT molecular complexity index is 637. The zero-order chi connectivity index (χ0) is 16.4. The predicted molar refractivity (Wildman–Crippen MR) is 69.5 cm³/mol. The third-order valence-electron chi connectivity index (χ3n) is 3.09. The van der Waals surface area contributed by atoms with Gasteiger partial charge in [-0.05, 0) is 6.07 Å². The van der Waals surface area contributed by atoms with E-state index in [4.69, 9.17) is 0 Å². The predicted octanol–water partition coefficient (Wildman–Crippen LogP) is 1.37. The van der Waals surface area contributed by atoms with Gasteiger partial charge in [0, 0.05) is 24.9 Å². The number of hydrogen-bond donors (Lipinski definition) is 1. The minimum atomic E-state index is -3.23. The van der Waals surface area contributed by atoms with E-state index in [1.54, 1.807) is 0 Å². The van der Waals surface area contributed by atoms with Crippen LogP contribution in [0.2, 0.25) is 0 Å². The van der Waals surface area contributed by atoms with Gasteiger partial charge in [-0.25, -0.2) is 0 Å². The van der Waals surface area contributed by atoms with Crippen LogP contribution in [0.15, 0.2) is 18.2 Å². The van der Waals surface area contributed by atoms with Crippen molar-refractivity contribution in [1.82, 2.24) is 4.90 Å². The highest BCUT2D eigenvalue weighted by atomic mass is 19.3. The van der Waals surface area contributed by atoms with E-state index in [1.165, 1.54) is 13.1 Å². The van der Waals surface area contributed by atoms with E-state index in [1.807, 2.05) is 0 Å². The van der Waals surface area contributed by atoms with Gasteiger partial charge in [0.15, 0.2) is 0 Å². The van der Waals surface area contributed by atoms with Crippen LogP contribution in [-0.2, 0) is 9.59 Å². The van der Waals surface area contributed by atoms with Gasteiger partial charge in [-0.15, -0.1) is 0 Å². The number of halogens is 2. The fourth-order valence-electron chi connectivity index (χ4n) is 2.01. The maximum absolute atomic E-state index is 12.3. The van der Waals surface area contributed by atoms with Crippen LogP contribution in [0, 0.1) is 10.1 Å². The molecule has 118 valence electrons. The molecule has 0 aromatic heterocycles. The van der Waals surface area contributed by atoms with Crippen LogP contribution in [0.1, 0.15) is 6.42 Å². The zero-order valence-corrected chi connectivity index (χ0v) is 11.3. The first-order chi connectivity index (χ1) is 10.3. The molecule has 2 amide bonds. The number of nitro groups is 1. The average molecular weight is 315 g/mol. The van der Waals surface area contributed by atoms with Crippen molar-refractivity contribution in [2.24, 2.45) is 0 Å². The molecule has 1 saturated heterocycles. The summed E-state index contributed by atoms with van der Waals surface area (Å²) in [6.45, 7) is -3.23. The van der Waals surface area contributed by atoms with E-state index >= 15 is 0 Å². The monoisotopic (exact) mass is 315 g/mol. The Morgan fingerprint density at radius 3 is 2.64 bits per heavy atom. The largest absolute Gasteiger partial charge is 0.427 e. The normalized spacial score (nSPS) is 18.0. The van der Waals surface area contributed by atoms with Crippen molar-refractivity contribution >= 4 is 23.2 Å². The minimum absolute atomic E-state index is 0.0860. The molecule has 0 radical (unpaired) electrons. The molecule has 2 rings (SSSR count). The van der Waals surface area contributed by atoms with Gasteiger partial charge in [0.1, 0.15) is 6.04 Å². The molecule has 10 heteroatoms. The Hall–Kier alpha value is -2.78. The number of likely N-dealkylation sites (N-methyl/N-ethyl adjacent to an activating group) is 1. The van der Waals surface area contributed by atoms with E-state index in [0.717, 1.165) is 17.0 Å². The SMILES string of the molecule is CN1C(=O)CC(Nc2ccc([N+](=O)[O-])c(OC(F)F)c2)C1=O. The molecule has 0 aliphatic carbocycles. The number of benzene rings is 1. The van der Waals surface area contributed by atoms with Crippen LogP contribution in [-0.4, -0.2) is 41.3 Å². The summed E-state index contributed by atoms with van der Waals surface area (Å²) in [4.78, 5) is 34.0. The van der Waals surface area contributed by atoms with Gasteiger partial charge in [-0.1, -0.05) is 0 Å². The molecule has 1 fully saturated rings. The second kappa shape index (κ2) is 5.92. The molecule has 22 heavy (non-hydrogen) atoms.